The summed E-state index contributed by atoms with van der Waals surface area (Å²) in [6.07, 6.45) is 6.95. The Morgan fingerprint density at radius 2 is 1.88 bits per heavy atom. The summed E-state index contributed by atoms with van der Waals surface area (Å²) in [6.45, 7) is 7.20. The summed E-state index contributed by atoms with van der Waals surface area (Å²) >= 11 is 0. The van der Waals surface area contributed by atoms with Crippen molar-refractivity contribution in [2.45, 2.75) is 70.1 Å². The van der Waals surface area contributed by atoms with Gasteiger partial charge in [0.2, 0.25) is 0 Å². The van der Waals surface area contributed by atoms with Gasteiger partial charge in [0.25, 0.3) is 0 Å². The van der Waals surface area contributed by atoms with E-state index in [4.69, 9.17) is 9.47 Å². The molecule has 1 N–H and O–H groups in total. The van der Waals surface area contributed by atoms with Crippen LogP contribution in [-0.2, 0) is 9.47 Å². The van der Waals surface area contributed by atoms with Crippen molar-refractivity contribution in [1.82, 2.24) is 5.32 Å². The van der Waals surface area contributed by atoms with E-state index in [9.17, 15) is 0 Å². The van der Waals surface area contributed by atoms with Crippen molar-refractivity contribution in [3.8, 4) is 0 Å². The van der Waals surface area contributed by atoms with E-state index in [0.29, 0.717) is 12.1 Å². The van der Waals surface area contributed by atoms with Crippen LogP contribution >= 0.6 is 0 Å². The number of hydrogen-bond donors (Lipinski definition) is 1. The Morgan fingerprint density at radius 3 is 2.53 bits per heavy atom. The Kier molecular flexibility index (Phi) is 4.83. The van der Waals surface area contributed by atoms with Gasteiger partial charge in [0.05, 0.1) is 5.60 Å². The molecule has 1 atom stereocenters. The van der Waals surface area contributed by atoms with Gasteiger partial charge in [-0.05, 0) is 38.5 Å². The molecule has 0 aromatic heterocycles. The van der Waals surface area contributed by atoms with Gasteiger partial charge in [-0.15, -0.1) is 0 Å². The zero-order chi connectivity index (χ0) is 12.1. The lowest BCUT2D eigenvalue weighted by atomic mass is 9.83. The summed E-state index contributed by atoms with van der Waals surface area (Å²) in [5.74, 6) is 0. The van der Waals surface area contributed by atoms with Gasteiger partial charge < -0.3 is 14.8 Å². The molecule has 0 amide bonds. The second-order valence-corrected chi connectivity index (χ2v) is 5.51. The number of rotatable bonds is 4. The van der Waals surface area contributed by atoms with Crippen molar-refractivity contribution in [2.75, 3.05) is 19.8 Å². The van der Waals surface area contributed by atoms with E-state index in [1.54, 1.807) is 0 Å². The van der Waals surface area contributed by atoms with E-state index in [1.807, 2.05) is 0 Å². The standard InChI is InChI=1S/C14H27NO2/c1-3-12(4-2)15-13-5-8-17-14(11-13)6-9-16-10-7-14/h12-13,15H,3-11H2,1-2H3. The van der Waals surface area contributed by atoms with E-state index < -0.39 is 0 Å². The quantitative estimate of drug-likeness (QED) is 0.820. The third-order valence-corrected chi connectivity index (χ3v) is 4.35. The third-order valence-electron chi connectivity index (χ3n) is 4.35. The Bertz CT molecular complexity index is 217. The fourth-order valence-corrected chi connectivity index (χ4v) is 3.12. The molecule has 2 rings (SSSR count). The van der Waals surface area contributed by atoms with Crippen LogP contribution in [0.1, 0.15) is 52.4 Å². The first-order valence-corrected chi connectivity index (χ1v) is 7.26. The highest BCUT2D eigenvalue weighted by molar-refractivity contribution is 4.92. The van der Waals surface area contributed by atoms with E-state index in [-0.39, 0.29) is 5.60 Å². The van der Waals surface area contributed by atoms with Gasteiger partial charge in [-0.2, -0.15) is 0 Å². The van der Waals surface area contributed by atoms with Gasteiger partial charge in [0, 0.05) is 31.9 Å². The molecule has 0 saturated carbocycles. The van der Waals surface area contributed by atoms with Crippen LogP contribution in [0.15, 0.2) is 0 Å². The lowest BCUT2D eigenvalue weighted by molar-refractivity contribution is -0.141. The SMILES string of the molecule is CCC(CC)NC1CCOC2(CCOCC2)C1. The molecule has 0 aliphatic carbocycles. The van der Waals surface area contributed by atoms with Crippen LogP contribution in [0.3, 0.4) is 0 Å². The highest BCUT2D eigenvalue weighted by atomic mass is 16.5. The second kappa shape index (κ2) is 6.17. The van der Waals surface area contributed by atoms with Crippen molar-refractivity contribution in [3.05, 3.63) is 0 Å². The number of hydrogen-bond acceptors (Lipinski definition) is 3. The van der Waals surface area contributed by atoms with Crippen molar-refractivity contribution < 1.29 is 9.47 Å². The monoisotopic (exact) mass is 241 g/mol. The first kappa shape index (κ1) is 13.3. The molecule has 0 radical (unpaired) electrons. The van der Waals surface area contributed by atoms with Gasteiger partial charge in [0.1, 0.15) is 0 Å². The van der Waals surface area contributed by atoms with Gasteiger partial charge in [0.15, 0.2) is 0 Å². The molecule has 3 heteroatoms. The summed E-state index contributed by atoms with van der Waals surface area (Å²) in [5, 5.41) is 3.81. The van der Waals surface area contributed by atoms with Crippen LogP contribution in [0.2, 0.25) is 0 Å². The van der Waals surface area contributed by atoms with Crippen LogP contribution in [0.5, 0.6) is 0 Å². The molecular formula is C14H27NO2. The molecule has 2 aliphatic heterocycles. The smallest absolute Gasteiger partial charge is 0.0741 e. The highest BCUT2D eigenvalue weighted by Crippen LogP contribution is 2.34. The first-order valence-electron chi connectivity index (χ1n) is 7.26. The molecule has 100 valence electrons. The van der Waals surface area contributed by atoms with E-state index in [0.717, 1.165) is 32.7 Å². The van der Waals surface area contributed by atoms with Crippen LogP contribution in [0.25, 0.3) is 0 Å². The van der Waals surface area contributed by atoms with E-state index in [1.165, 1.54) is 25.7 Å². The zero-order valence-electron chi connectivity index (χ0n) is 11.3. The van der Waals surface area contributed by atoms with Crippen LogP contribution in [-0.4, -0.2) is 37.5 Å². The minimum absolute atomic E-state index is 0.125. The van der Waals surface area contributed by atoms with E-state index in [2.05, 4.69) is 19.2 Å². The maximum atomic E-state index is 6.07. The summed E-state index contributed by atoms with van der Waals surface area (Å²) in [4.78, 5) is 0. The molecule has 3 nitrogen and oxygen atoms in total. The van der Waals surface area contributed by atoms with Gasteiger partial charge in [-0.3, -0.25) is 0 Å². The molecule has 2 fully saturated rings. The number of ether oxygens (including phenoxy) is 2. The van der Waals surface area contributed by atoms with Crippen LogP contribution < -0.4 is 5.32 Å². The average molecular weight is 241 g/mol. The van der Waals surface area contributed by atoms with Crippen molar-refractivity contribution in [1.29, 1.82) is 0 Å². The molecule has 2 heterocycles. The summed E-state index contributed by atoms with van der Waals surface area (Å²) in [5.41, 5.74) is 0.125. The summed E-state index contributed by atoms with van der Waals surface area (Å²) in [7, 11) is 0. The molecule has 1 unspecified atom stereocenters. The Balaban J connectivity index is 1.87. The van der Waals surface area contributed by atoms with Gasteiger partial charge in [-0.1, -0.05) is 13.8 Å². The lowest BCUT2D eigenvalue weighted by Crippen LogP contribution is -2.51. The minimum atomic E-state index is 0.125. The predicted molar refractivity (Wildman–Crippen MR) is 69.3 cm³/mol. The second-order valence-electron chi connectivity index (χ2n) is 5.51. The predicted octanol–water partition coefficient (Wildman–Crippen LogP) is 2.49. The number of nitrogens with one attached hydrogen (secondary N) is 1. The van der Waals surface area contributed by atoms with Crippen LogP contribution in [0, 0.1) is 0 Å². The average Bonchev–Trinajstić information content (AvgIpc) is 2.37. The molecule has 1 spiro atoms. The molecule has 2 saturated heterocycles. The maximum absolute atomic E-state index is 6.07. The van der Waals surface area contributed by atoms with Crippen molar-refractivity contribution in [3.63, 3.8) is 0 Å². The maximum Gasteiger partial charge on any atom is 0.0741 e. The molecule has 17 heavy (non-hydrogen) atoms. The minimum Gasteiger partial charge on any atom is -0.381 e. The summed E-state index contributed by atoms with van der Waals surface area (Å²) < 4.78 is 11.5. The van der Waals surface area contributed by atoms with Crippen LogP contribution in [0.4, 0.5) is 0 Å². The van der Waals surface area contributed by atoms with Crippen molar-refractivity contribution >= 4 is 0 Å². The molecule has 2 aliphatic rings. The molecular weight excluding hydrogens is 214 g/mol. The Hall–Kier alpha value is -0.120. The first-order chi connectivity index (χ1) is 8.28. The topological polar surface area (TPSA) is 30.5 Å². The zero-order valence-corrected chi connectivity index (χ0v) is 11.3. The van der Waals surface area contributed by atoms with Gasteiger partial charge >= 0.3 is 0 Å². The fourth-order valence-electron chi connectivity index (χ4n) is 3.12. The molecule has 0 aromatic rings. The molecule has 0 aromatic carbocycles. The largest absolute Gasteiger partial charge is 0.381 e. The Labute approximate surface area is 105 Å². The van der Waals surface area contributed by atoms with Gasteiger partial charge in [-0.25, -0.2) is 0 Å². The lowest BCUT2D eigenvalue weighted by Gasteiger charge is -2.44. The fraction of sp³-hybridized carbons (Fsp3) is 1.00. The third kappa shape index (κ3) is 3.43. The Morgan fingerprint density at radius 1 is 1.18 bits per heavy atom. The summed E-state index contributed by atoms with van der Waals surface area (Å²) in [6, 6.07) is 1.32. The normalized spacial score (nSPS) is 28.8. The van der Waals surface area contributed by atoms with Crippen molar-refractivity contribution in [2.24, 2.45) is 0 Å². The highest BCUT2D eigenvalue weighted by Gasteiger charge is 2.39. The molecule has 0 bridgehead atoms. The van der Waals surface area contributed by atoms with E-state index >= 15 is 0 Å².